The van der Waals surface area contributed by atoms with Gasteiger partial charge in [0.2, 0.25) is 10.0 Å². The summed E-state index contributed by atoms with van der Waals surface area (Å²) in [5.74, 6) is -1.01. The molecular weight excluding hydrogens is 451 g/mol. The SMILES string of the molecule is COCCOc1ccc(NC(=O)c2ccc(OC)c(S(=O)(=O)N3CCCCC3C)c2)cc1F. The van der Waals surface area contributed by atoms with Gasteiger partial charge in [0.1, 0.15) is 17.3 Å². The van der Waals surface area contributed by atoms with E-state index >= 15 is 0 Å². The molecule has 1 fully saturated rings. The molecule has 1 aliphatic heterocycles. The Morgan fingerprint density at radius 3 is 2.55 bits per heavy atom. The van der Waals surface area contributed by atoms with Crippen LogP contribution in [0.1, 0.15) is 36.5 Å². The van der Waals surface area contributed by atoms with Crippen LogP contribution in [0.5, 0.6) is 11.5 Å². The van der Waals surface area contributed by atoms with E-state index in [-0.39, 0.29) is 40.3 Å². The molecule has 10 heteroatoms. The number of nitrogens with one attached hydrogen (secondary N) is 1. The molecule has 1 amide bonds. The number of amides is 1. The van der Waals surface area contributed by atoms with Crippen molar-refractivity contribution in [3.05, 3.63) is 47.8 Å². The van der Waals surface area contributed by atoms with E-state index in [0.29, 0.717) is 13.2 Å². The minimum Gasteiger partial charge on any atom is -0.495 e. The first-order chi connectivity index (χ1) is 15.8. The Bertz CT molecular complexity index is 1090. The van der Waals surface area contributed by atoms with Crippen molar-refractivity contribution in [3.63, 3.8) is 0 Å². The van der Waals surface area contributed by atoms with Gasteiger partial charge in [0.15, 0.2) is 11.6 Å². The van der Waals surface area contributed by atoms with Gasteiger partial charge in [-0.3, -0.25) is 4.79 Å². The molecule has 1 aliphatic rings. The third-order valence-electron chi connectivity index (χ3n) is 5.49. The fraction of sp³-hybridized carbons (Fsp3) is 0.435. The summed E-state index contributed by atoms with van der Waals surface area (Å²) in [4.78, 5) is 12.7. The lowest BCUT2D eigenvalue weighted by molar-refractivity contribution is 0.102. The molecule has 0 radical (unpaired) electrons. The number of ether oxygens (including phenoxy) is 3. The number of anilines is 1. The standard InChI is InChI=1S/C23H29FN2O6S/c1-16-6-4-5-11-26(16)33(28,29)22-14-17(7-9-21(22)31-3)23(27)25-18-8-10-20(19(24)15-18)32-13-12-30-2/h7-10,14-16H,4-6,11-13H2,1-3H3,(H,25,27). The number of carbonyl (C=O) groups is 1. The van der Waals surface area contributed by atoms with Gasteiger partial charge >= 0.3 is 0 Å². The van der Waals surface area contributed by atoms with Crippen molar-refractivity contribution >= 4 is 21.6 Å². The molecule has 0 saturated carbocycles. The van der Waals surface area contributed by atoms with Crippen LogP contribution in [0, 0.1) is 5.82 Å². The predicted molar refractivity (Wildman–Crippen MR) is 122 cm³/mol. The molecule has 3 rings (SSSR count). The maximum Gasteiger partial charge on any atom is 0.255 e. The molecule has 0 aromatic heterocycles. The van der Waals surface area contributed by atoms with Crippen LogP contribution in [-0.4, -0.2) is 58.7 Å². The van der Waals surface area contributed by atoms with E-state index in [1.807, 2.05) is 6.92 Å². The van der Waals surface area contributed by atoms with Crippen molar-refractivity contribution in [1.29, 1.82) is 0 Å². The maximum absolute atomic E-state index is 14.3. The van der Waals surface area contributed by atoms with Crippen molar-refractivity contribution < 1.29 is 31.8 Å². The summed E-state index contributed by atoms with van der Waals surface area (Å²) in [6.45, 7) is 2.80. The van der Waals surface area contributed by atoms with Crippen LogP contribution in [0.25, 0.3) is 0 Å². The number of rotatable bonds is 9. The highest BCUT2D eigenvalue weighted by Gasteiger charge is 2.33. The average Bonchev–Trinajstić information content (AvgIpc) is 2.80. The largest absolute Gasteiger partial charge is 0.495 e. The van der Waals surface area contributed by atoms with E-state index in [4.69, 9.17) is 14.2 Å². The molecule has 8 nitrogen and oxygen atoms in total. The van der Waals surface area contributed by atoms with E-state index in [0.717, 1.165) is 25.3 Å². The van der Waals surface area contributed by atoms with E-state index in [1.165, 1.54) is 48.9 Å². The molecule has 1 heterocycles. The molecule has 180 valence electrons. The van der Waals surface area contributed by atoms with Gasteiger partial charge in [-0.05, 0) is 50.1 Å². The number of hydrogen-bond acceptors (Lipinski definition) is 6. The zero-order chi connectivity index (χ0) is 24.0. The smallest absolute Gasteiger partial charge is 0.255 e. The van der Waals surface area contributed by atoms with Crippen molar-refractivity contribution in [2.24, 2.45) is 0 Å². The van der Waals surface area contributed by atoms with Gasteiger partial charge in [0, 0.05) is 37.0 Å². The molecule has 1 unspecified atom stereocenters. The Morgan fingerprint density at radius 1 is 1.12 bits per heavy atom. The summed E-state index contributed by atoms with van der Waals surface area (Å²) >= 11 is 0. The van der Waals surface area contributed by atoms with Crippen LogP contribution in [0.2, 0.25) is 0 Å². The second-order valence-electron chi connectivity index (χ2n) is 7.77. The highest BCUT2D eigenvalue weighted by molar-refractivity contribution is 7.89. The lowest BCUT2D eigenvalue weighted by Gasteiger charge is -2.32. The topological polar surface area (TPSA) is 94.2 Å². The Hall–Kier alpha value is -2.69. The van der Waals surface area contributed by atoms with Gasteiger partial charge in [-0.25, -0.2) is 12.8 Å². The summed E-state index contributed by atoms with van der Waals surface area (Å²) in [5.41, 5.74) is 0.321. The highest BCUT2D eigenvalue weighted by atomic mass is 32.2. The van der Waals surface area contributed by atoms with Crippen LogP contribution >= 0.6 is 0 Å². The normalized spacial score (nSPS) is 16.9. The van der Waals surface area contributed by atoms with Crippen LogP contribution in [-0.2, 0) is 14.8 Å². The number of sulfonamides is 1. The van der Waals surface area contributed by atoms with Crippen LogP contribution in [0.4, 0.5) is 10.1 Å². The fourth-order valence-electron chi connectivity index (χ4n) is 3.71. The Labute approximate surface area is 193 Å². The predicted octanol–water partition coefficient (Wildman–Crippen LogP) is 3.67. The summed E-state index contributed by atoms with van der Waals surface area (Å²) in [5, 5.41) is 2.59. The first-order valence-corrected chi connectivity index (χ1v) is 12.1. The lowest BCUT2D eigenvalue weighted by Crippen LogP contribution is -2.42. The molecular formula is C23H29FN2O6S. The highest BCUT2D eigenvalue weighted by Crippen LogP contribution is 2.32. The minimum atomic E-state index is -3.86. The third-order valence-corrected chi connectivity index (χ3v) is 7.52. The molecule has 2 aromatic carbocycles. The van der Waals surface area contributed by atoms with Gasteiger partial charge in [-0.2, -0.15) is 4.31 Å². The number of nitrogens with zero attached hydrogens (tertiary/aromatic N) is 1. The van der Waals surface area contributed by atoms with Crippen molar-refractivity contribution in [1.82, 2.24) is 4.31 Å². The van der Waals surface area contributed by atoms with Crippen LogP contribution < -0.4 is 14.8 Å². The molecule has 1 N–H and O–H groups in total. The molecule has 0 aliphatic carbocycles. The van der Waals surface area contributed by atoms with E-state index < -0.39 is 21.7 Å². The van der Waals surface area contributed by atoms with Gasteiger partial charge in [0.05, 0.1) is 13.7 Å². The second-order valence-corrected chi connectivity index (χ2v) is 9.63. The average molecular weight is 481 g/mol. The van der Waals surface area contributed by atoms with E-state index in [1.54, 1.807) is 0 Å². The molecule has 33 heavy (non-hydrogen) atoms. The molecule has 2 aromatic rings. The molecule has 1 saturated heterocycles. The number of methoxy groups -OCH3 is 2. The van der Waals surface area contributed by atoms with Gasteiger partial charge in [0.25, 0.3) is 5.91 Å². The monoisotopic (exact) mass is 480 g/mol. The number of halogens is 1. The number of hydrogen-bond donors (Lipinski definition) is 1. The molecule has 0 bridgehead atoms. The van der Waals surface area contributed by atoms with Crippen molar-refractivity contribution in [2.45, 2.75) is 37.1 Å². The lowest BCUT2D eigenvalue weighted by atomic mass is 10.1. The van der Waals surface area contributed by atoms with Gasteiger partial charge in [-0.15, -0.1) is 0 Å². The summed E-state index contributed by atoms with van der Waals surface area (Å²) in [6.07, 6.45) is 2.53. The van der Waals surface area contributed by atoms with E-state index in [9.17, 15) is 17.6 Å². The number of carbonyl (C=O) groups excluding carboxylic acids is 1. The number of piperidine rings is 1. The first kappa shape index (κ1) is 24.9. The molecule has 0 spiro atoms. The number of benzene rings is 2. The Kier molecular flexibility index (Phi) is 8.28. The fourth-order valence-corrected chi connectivity index (χ4v) is 5.59. The van der Waals surface area contributed by atoms with Crippen molar-refractivity contribution in [3.8, 4) is 11.5 Å². The second kappa shape index (κ2) is 11.0. The van der Waals surface area contributed by atoms with Crippen molar-refractivity contribution in [2.75, 3.05) is 39.3 Å². The van der Waals surface area contributed by atoms with Gasteiger partial charge in [-0.1, -0.05) is 6.42 Å². The molecule has 1 atom stereocenters. The van der Waals surface area contributed by atoms with E-state index in [2.05, 4.69) is 5.32 Å². The van der Waals surface area contributed by atoms with Gasteiger partial charge < -0.3 is 19.5 Å². The summed E-state index contributed by atoms with van der Waals surface area (Å²) in [6, 6.07) is 8.11. The zero-order valence-electron chi connectivity index (χ0n) is 19.0. The summed E-state index contributed by atoms with van der Waals surface area (Å²) in [7, 11) is -0.968. The Morgan fingerprint density at radius 2 is 1.88 bits per heavy atom. The minimum absolute atomic E-state index is 0.0403. The zero-order valence-corrected chi connectivity index (χ0v) is 19.8. The Balaban J connectivity index is 1.82. The maximum atomic E-state index is 14.3. The summed E-state index contributed by atoms with van der Waals surface area (Å²) < 4.78 is 57.8. The van der Waals surface area contributed by atoms with Crippen LogP contribution in [0.15, 0.2) is 41.3 Å². The third kappa shape index (κ3) is 5.82. The van der Waals surface area contributed by atoms with Crippen LogP contribution in [0.3, 0.4) is 0 Å². The first-order valence-electron chi connectivity index (χ1n) is 10.7. The quantitative estimate of drug-likeness (QED) is 0.551.